The summed E-state index contributed by atoms with van der Waals surface area (Å²) in [5, 5.41) is 0.764. The monoisotopic (exact) mass is 361 g/mol. The molecule has 1 atom stereocenters. The molecule has 3 aromatic rings. The molecule has 1 aromatic heterocycles. The molecule has 1 unspecified atom stereocenters. The van der Waals surface area contributed by atoms with E-state index < -0.39 is 0 Å². The van der Waals surface area contributed by atoms with Gasteiger partial charge in [-0.15, -0.1) is 6.58 Å². The Morgan fingerprint density at radius 2 is 1.89 bits per heavy atom. The number of aromatic nitrogens is 1. The predicted octanol–water partition coefficient (Wildman–Crippen LogP) is 5.62. The largest absolute Gasteiger partial charge is 0.299 e. The summed E-state index contributed by atoms with van der Waals surface area (Å²) in [6.07, 6.45) is 3.30. The zero-order valence-electron chi connectivity index (χ0n) is 15.8. The number of fused-ring (bicyclic) bond motifs is 1. The number of ketones is 1. The molecular formula is C24H24FNO. The number of para-hydroxylation sites is 1. The Morgan fingerprint density at radius 3 is 2.59 bits per heavy atom. The van der Waals surface area contributed by atoms with E-state index in [1.165, 1.54) is 6.07 Å². The van der Waals surface area contributed by atoms with Crippen molar-refractivity contribution in [3.05, 3.63) is 89.4 Å². The molecule has 27 heavy (non-hydrogen) atoms. The van der Waals surface area contributed by atoms with Gasteiger partial charge in [0.25, 0.3) is 0 Å². The number of halogens is 1. The summed E-state index contributed by atoms with van der Waals surface area (Å²) in [4.78, 5) is 17.3. The molecule has 3 rings (SSSR count). The standard InChI is InChI=1S/C24H24FNO/c1-16(2)12-19(13-18-8-5-4-6-9-18)23(27)14-20-15-26-24-21(17(20)3)10-7-11-22(24)25/h4-11,15,19H,1,12-14H2,2-3H3. The first-order chi connectivity index (χ1) is 13.0. The van der Waals surface area contributed by atoms with E-state index >= 15 is 0 Å². The van der Waals surface area contributed by atoms with Crippen molar-refractivity contribution in [2.75, 3.05) is 0 Å². The van der Waals surface area contributed by atoms with Crippen LogP contribution in [0, 0.1) is 18.7 Å². The van der Waals surface area contributed by atoms with Crippen molar-refractivity contribution in [2.24, 2.45) is 5.92 Å². The molecule has 0 saturated carbocycles. The maximum absolute atomic E-state index is 13.9. The predicted molar refractivity (Wildman–Crippen MR) is 108 cm³/mol. The second-order valence-electron chi connectivity index (χ2n) is 7.24. The maximum atomic E-state index is 13.9. The van der Waals surface area contributed by atoms with Gasteiger partial charge >= 0.3 is 0 Å². The molecule has 0 aliphatic rings. The summed E-state index contributed by atoms with van der Waals surface area (Å²) in [5.74, 6) is -0.285. The first kappa shape index (κ1) is 19.0. The van der Waals surface area contributed by atoms with Gasteiger partial charge in [-0.1, -0.05) is 48.0 Å². The van der Waals surface area contributed by atoms with Crippen molar-refractivity contribution in [3.63, 3.8) is 0 Å². The van der Waals surface area contributed by atoms with Crippen LogP contribution in [0.1, 0.15) is 30.0 Å². The first-order valence-electron chi connectivity index (χ1n) is 9.19. The van der Waals surface area contributed by atoms with E-state index in [1.807, 2.05) is 50.2 Å². The Balaban J connectivity index is 1.85. The first-order valence-corrected chi connectivity index (χ1v) is 9.19. The lowest BCUT2D eigenvalue weighted by Gasteiger charge is -2.17. The van der Waals surface area contributed by atoms with E-state index in [-0.39, 0.29) is 17.5 Å². The van der Waals surface area contributed by atoms with E-state index in [2.05, 4.69) is 11.6 Å². The molecule has 0 N–H and O–H groups in total. The fraction of sp³-hybridized carbons (Fsp3) is 0.250. The average molecular weight is 361 g/mol. The van der Waals surface area contributed by atoms with E-state index in [0.717, 1.165) is 27.6 Å². The van der Waals surface area contributed by atoms with Crippen LogP contribution in [0.15, 0.2) is 66.9 Å². The Bertz CT molecular complexity index is 978. The van der Waals surface area contributed by atoms with Gasteiger partial charge in [-0.3, -0.25) is 9.78 Å². The molecule has 1 heterocycles. The topological polar surface area (TPSA) is 30.0 Å². The Hall–Kier alpha value is -2.81. The summed E-state index contributed by atoms with van der Waals surface area (Å²) < 4.78 is 13.9. The molecule has 0 spiro atoms. The summed E-state index contributed by atoms with van der Waals surface area (Å²) in [6.45, 7) is 7.87. The molecule has 0 amide bonds. The van der Waals surface area contributed by atoms with Gasteiger partial charge in [0.1, 0.15) is 17.1 Å². The lowest BCUT2D eigenvalue weighted by molar-refractivity contribution is -0.122. The molecule has 0 radical (unpaired) electrons. The minimum Gasteiger partial charge on any atom is -0.299 e. The zero-order chi connectivity index (χ0) is 19.4. The number of pyridine rings is 1. The highest BCUT2D eigenvalue weighted by atomic mass is 19.1. The van der Waals surface area contributed by atoms with Gasteiger partial charge in [-0.25, -0.2) is 4.39 Å². The fourth-order valence-electron chi connectivity index (χ4n) is 3.49. The van der Waals surface area contributed by atoms with Crippen LogP contribution in [-0.4, -0.2) is 10.8 Å². The van der Waals surface area contributed by atoms with Crippen molar-refractivity contribution in [3.8, 4) is 0 Å². The Labute approximate surface area is 159 Å². The molecule has 138 valence electrons. The molecule has 0 saturated heterocycles. The highest BCUT2D eigenvalue weighted by Crippen LogP contribution is 2.25. The number of Topliss-reactive ketones (excluding diaryl/α,β-unsaturated/α-hetero) is 1. The molecular weight excluding hydrogens is 337 g/mol. The molecule has 2 aromatic carbocycles. The molecule has 3 heteroatoms. The third-order valence-electron chi connectivity index (χ3n) is 4.96. The summed E-state index contributed by atoms with van der Waals surface area (Å²) in [5.41, 5.74) is 4.28. The second-order valence-corrected chi connectivity index (χ2v) is 7.24. The van der Waals surface area contributed by atoms with Gasteiger partial charge in [0, 0.05) is 23.9 Å². The van der Waals surface area contributed by atoms with Crippen LogP contribution in [0.5, 0.6) is 0 Å². The third-order valence-corrected chi connectivity index (χ3v) is 4.96. The number of aryl methyl sites for hydroxylation is 1. The SMILES string of the molecule is C=C(C)CC(Cc1ccccc1)C(=O)Cc1cnc2c(F)cccc2c1C. The van der Waals surface area contributed by atoms with Crippen molar-refractivity contribution in [1.29, 1.82) is 0 Å². The third kappa shape index (κ3) is 4.48. The van der Waals surface area contributed by atoms with E-state index in [0.29, 0.717) is 24.8 Å². The van der Waals surface area contributed by atoms with Crippen LogP contribution in [-0.2, 0) is 17.6 Å². The minimum atomic E-state index is -0.335. The summed E-state index contributed by atoms with van der Waals surface area (Å²) >= 11 is 0. The smallest absolute Gasteiger partial charge is 0.149 e. The number of hydrogen-bond donors (Lipinski definition) is 0. The van der Waals surface area contributed by atoms with E-state index in [9.17, 15) is 9.18 Å². The van der Waals surface area contributed by atoms with Crippen LogP contribution in [0.3, 0.4) is 0 Å². The normalized spacial score (nSPS) is 12.1. The highest BCUT2D eigenvalue weighted by Gasteiger charge is 2.21. The number of benzene rings is 2. The summed E-state index contributed by atoms with van der Waals surface area (Å²) in [7, 11) is 0. The maximum Gasteiger partial charge on any atom is 0.149 e. The van der Waals surface area contributed by atoms with Gasteiger partial charge in [0.05, 0.1) is 0 Å². The lowest BCUT2D eigenvalue weighted by Crippen LogP contribution is -2.20. The highest BCUT2D eigenvalue weighted by molar-refractivity contribution is 5.88. The number of nitrogens with zero attached hydrogens (tertiary/aromatic N) is 1. The molecule has 2 nitrogen and oxygen atoms in total. The molecule has 0 fully saturated rings. The molecule has 0 aliphatic heterocycles. The number of carbonyl (C=O) groups excluding carboxylic acids is 1. The van der Waals surface area contributed by atoms with Crippen LogP contribution >= 0.6 is 0 Å². The lowest BCUT2D eigenvalue weighted by atomic mass is 9.86. The van der Waals surface area contributed by atoms with Crippen molar-refractivity contribution in [2.45, 2.75) is 33.1 Å². The number of rotatable bonds is 7. The quantitative estimate of drug-likeness (QED) is 0.511. The van der Waals surface area contributed by atoms with Crippen molar-refractivity contribution < 1.29 is 9.18 Å². The summed E-state index contributed by atoms with van der Waals surface area (Å²) in [6, 6.07) is 15.0. The van der Waals surface area contributed by atoms with Gasteiger partial charge in [0.15, 0.2) is 0 Å². The fourth-order valence-corrected chi connectivity index (χ4v) is 3.49. The van der Waals surface area contributed by atoms with Crippen LogP contribution in [0.4, 0.5) is 4.39 Å². The Kier molecular flexibility index (Phi) is 5.80. The van der Waals surface area contributed by atoms with E-state index in [4.69, 9.17) is 0 Å². The van der Waals surface area contributed by atoms with E-state index in [1.54, 1.807) is 12.3 Å². The van der Waals surface area contributed by atoms with Gasteiger partial charge in [0.2, 0.25) is 0 Å². The van der Waals surface area contributed by atoms with Crippen LogP contribution in [0.2, 0.25) is 0 Å². The number of carbonyl (C=O) groups is 1. The van der Waals surface area contributed by atoms with Crippen LogP contribution < -0.4 is 0 Å². The Morgan fingerprint density at radius 1 is 1.15 bits per heavy atom. The zero-order valence-corrected chi connectivity index (χ0v) is 15.8. The number of hydrogen-bond acceptors (Lipinski definition) is 2. The van der Waals surface area contributed by atoms with Gasteiger partial charge in [-0.05, 0) is 49.4 Å². The average Bonchev–Trinajstić information content (AvgIpc) is 2.64. The second kappa shape index (κ2) is 8.26. The number of allylic oxidation sites excluding steroid dienone is 1. The van der Waals surface area contributed by atoms with Gasteiger partial charge < -0.3 is 0 Å². The van der Waals surface area contributed by atoms with Gasteiger partial charge in [-0.2, -0.15) is 0 Å². The molecule has 0 aliphatic carbocycles. The van der Waals surface area contributed by atoms with Crippen molar-refractivity contribution >= 4 is 16.7 Å². The van der Waals surface area contributed by atoms with Crippen LogP contribution in [0.25, 0.3) is 10.9 Å². The minimum absolute atomic E-state index is 0.118. The van der Waals surface area contributed by atoms with Crippen molar-refractivity contribution in [1.82, 2.24) is 4.98 Å². The molecule has 0 bridgehead atoms.